The maximum atomic E-state index is 12.4. The molecule has 2 atom stereocenters. The fourth-order valence-electron chi connectivity index (χ4n) is 3.25. The van der Waals surface area contributed by atoms with Crippen LogP contribution in [-0.4, -0.2) is 34.4 Å². The Labute approximate surface area is 126 Å². The number of carbonyl (C=O) groups is 1. The zero-order valence-corrected chi connectivity index (χ0v) is 13.1. The van der Waals surface area contributed by atoms with Crippen molar-refractivity contribution in [2.45, 2.75) is 51.9 Å². The molecule has 118 valence electrons. The topological polar surface area (TPSA) is 78.0 Å². The zero-order valence-electron chi connectivity index (χ0n) is 13.1. The first-order valence-corrected chi connectivity index (χ1v) is 8.02. The molecule has 0 fully saturated rings. The highest BCUT2D eigenvalue weighted by molar-refractivity contribution is 5.84. The number of aryl methyl sites for hydroxylation is 1. The van der Waals surface area contributed by atoms with Crippen LogP contribution >= 0.6 is 0 Å². The van der Waals surface area contributed by atoms with Crippen LogP contribution in [0.5, 0.6) is 0 Å². The molecule has 2 rings (SSSR count). The number of amides is 1. The Kier molecular flexibility index (Phi) is 5.79. The summed E-state index contributed by atoms with van der Waals surface area (Å²) in [7, 11) is 0. The first-order valence-electron chi connectivity index (χ1n) is 8.02. The van der Waals surface area contributed by atoms with E-state index in [-0.39, 0.29) is 18.4 Å². The molecular weight excluding hydrogens is 266 g/mol. The average Bonchev–Trinajstić information content (AvgIpc) is 2.92. The Bertz CT molecular complexity index is 456. The lowest BCUT2D eigenvalue weighted by atomic mass is 9.86. The lowest BCUT2D eigenvalue weighted by molar-refractivity contribution is -0.123. The number of aromatic nitrogens is 2. The average molecular weight is 293 g/mol. The van der Waals surface area contributed by atoms with Crippen LogP contribution in [-0.2, 0) is 11.2 Å². The fourth-order valence-corrected chi connectivity index (χ4v) is 3.25. The van der Waals surface area contributed by atoms with Crippen molar-refractivity contribution in [2.75, 3.05) is 13.2 Å². The number of aromatic amines is 1. The molecule has 0 bridgehead atoms. The third kappa shape index (κ3) is 4.30. The van der Waals surface area contributed by atoms with Crippen LogP contribution in [0.4, 0.5) is 0 Å². The third-order valence-corrected chi connectivity index (χ3v) is 4.27. The van der Waals surface area contributed by atoms with Gasteiger partial charge in [0.25, 0.3) is 0 Å². The minimum Gasteiger partial charge on any atom is -0.396 e. The number of hydrogen-bond acceptors (Lipinski definition) is 3. The summed E-state index contributed by atoms with van der Waals surface area (Å²) in [6.07, 6.45) is 6.48. The summed E-state index contributed by atoms with van der Waals surface area (Å²) in [4.78, 5) is 12.4. The van der Waals surface area contributed by atoms with Crippen molar-refractivity contribution in [1.29, 1.82) is 0 Å². The van der Waals surface area contributed by atoms with Crippen LogP contribution in [0, 0.1) is 11.8 Å². The van der Waals surface area contributed by atoms with Gasteiger partial charge in [0.2, 0.25) is 5.91 Å². The van der Waals surface area contributed by atoms with Gasteiger partial charge in [-0.25, -0.2) is 0 Å². The van der Waals surface area contributed by atoms with Gasteiger partial charge in [-0.1, -0.05) is 13.8 Å². The van der Waals surface area contributed by atoms with Gasteiger partial charge in [-0.05, 0) is 43.9 Å². The fraction of sp³-hybridized carbons (Fsp3) is 0.750. The van der Waals surface area contributed by atoms with E-state index in [0.717, 1.165) is 43.4 Å². The Hall–Kier alpha value is -1.36. The first-order chi connectivity index (χ1) is 10.1. The molecule has 5 nitrogen and oxygen atoms in total. The molecule has 1 aromatic heterocycles. The van der Waals surface area contributed by atoms with Crippen LogP contribution in [0.25, 0.3) is 0 Å². The number of aliphatic hydroxyl groups excluding tert-OH is 1. The van der Waals surface area contributed by atoms with E-state index in [1.807, 2.05) is 0 Å². The molecule has 3 N–H and O–H groups in total. The molecule has 0 saturated heterocycles. The number of rotatable bonds is 7. The zero-order chi connectivity index (χ0) is 15.2. The van der Waals surface area contributed by atoms with Crippen LogP contribution in [0.1, 0.15) is 56.7 Å². The SMILES string of the molecule is CC(C)CC(CCO)CNC(=O)C1CCCc2[nH]ncc21. The Balaban J connectivity index is 1.90. The molecule has 1 aromatic rings. The molecule has 0 radical (unpaired) electrons. The predicted molar refractivity (Wildman–Crippen MR) is 81.9 cm³/mol. The van der Waals surface area contributed by atoms with Crippen molar-refractivity contribution in [2.24, 2.45) is 11.8 Å². The van der Waals surface area contributed by atoms with Gasteiger partial charge in [-0.2, -0.15) is 5.10 Å². The lowest BCUT2D eigenvalue weighted by Gasteiger charge is -2.23. The van der Waals surface area contributed by atoms with E-state index in [4.69, 9.17) is 5.11 Å². The van der Waals surface area contributed by atoms with Crippen LogP contribution < -0.4 is 5.32 Å². The molecule has 0 spiro atoms. The minimum absolute atomic E-state index is 0.0682. The van der Waals surface area contributed by atoms with Crippen LogP contribution in [0.2, 0.25) is 0 Å². The van der Waals surface area contributed by atoms with E-state index in [2.05, 4.69) is 29.4 Å². The number of carbonyl (C=O) groups excluding carboxylic acids is 1. The molecule has 2 unspecified atom stereocenters. The normalized spacial score (nSPS) is 19.3. The lowest BCUT2D eigenvalue weighted by Crippen LogP contribution is -2.35. The molecule has 1 amide bonds. The molecule has 1 aliphatic rings. The van der Waals surface area contributed by atoms with E-state index in [1.54, 1.807) is 6.20 Å². The van der Waals surface area contributed by atoms with E-state index >= 15 is 0 Å². The second kappa shape index (κ2) is 7.59. The maximum absolute atomic E-state index is 12.4. The standard InChI is InChI=1S/C16H27N3O2/c1-11(2)8-12(6-7-20)9-17-16(21)13-4-3-5-15-14(13)10-18-19-15/h10-13,20H,3-9H2,1-2H3,(H,17,21)(H,18,19). The number of nitrogens with one attached hydrogen (secondary N) is 2. The van der Waals surface area contributed by atoms with E-state index in [9.17, 15) is 4.79 Å². The number of H-pyrrole nitrogens is 1. The summed E-state index contributed by atoms with van der Waals surface area (Å²) in [5, 5.41) is 19.3. The van der Waals surface area contributed by atoms with Gasteiger partial charge in [-0.15, -0.1) is 0 Å². The molecule has 5 heteroatoms. The highest BCUT2D eigenvalue weighted by atomic mass is 16.3. The van der Waals surface area contributed by atoms with Crippen molar-refractivity contribution >= 4 is 5.91 Å². The van der Waals surface area contributed by atoms with Gasteiger partial charge < -0.3 is 10.4 Å². The summed E-state index contributed by atoms with van der Waals surface area (Å²) < 4.78 is 0. The number of nitrogens with zero attached hydrogens (tertiary/aromatic N) is 1. The third-order valence-electron chi connectivity index (χ3n) is 4.27. The van der Waals surface area contributed by atoms with Crippen molar-refractivity contribution in [3.8, 4) is 0 Å². The smallest absolute Gasteiger partial charge is 0.227 e. The number of hydrogen-bond donors (Lipinski definition) is 3. The Morgan fingerprint density at radius 2 is 2.38 bits per heavy atom. The molecule has 0 saturated carbocycles. The number of aliphatic hydroxyl groups is 1. The van der Waals surface area contributed by atoms with Crippen LogP contribution in [0.15, 0.2) is 6.20 Å². The summed E-state index contributed by atoms with van der Waals surface area (Å²) in [5.41, 5.74) is 2.16. The van der Waals surface area contributed by atoms with Gasteiger partial charge >= 0.3 is 0 Å². The predicted octanol–water partition coefficient (Wildman–Crippen LogP) is 1.99. The summed E-state index contributed by atoms with van der Waals surface area (Å²) in [6.45, 7) is 5.18. The molecule has 0 aromatic carbocycles. The number of fused-ring (bicyclic) bond motifs is 1. The molecule has 0 aliphatic heterocycles. The van der Waals surface area contributed by atoms with Crippen molar-refractivity contribution in [3.05, 3.63) is 17.5 Å². The highest BCUT2D eigenvalue weighted by Gasteiger charge is 2.28. The summed E-state index contributed by atoms with van der Waals surface area (Å²) in [5.74, 6) is 0.963. The minimum atomic E-state index is -0.0682. The second-order valence-corrected chi connectivity index (χ2v) is 6.50. The maximum Gasteiger partial charge on any atom is 0.227 e. The quantitative estimate of drug-likeness (QED) is 0.719. The van der Waals surface area contributed by atoms with Crippen LogP contribution in [0.3, 0.4) is 0 Å². The van der Waals surface area contributed by atoms with Gasteiger partial charge in [0.1, 0.15) is 0 Å². The second-order valence-electron chi connectivity index (χ2n) is 6.50. The van der Waals surface area contributed by atoms with Crippen molar-refractivity contribution < 1.29 is 9.90 Å². The van der Waals surface area contributed by atoms with E-state index in [0.29, 0.717) is 18.4 Å². The van der Waals surface area contributed by atoms with E-state index < -0.39 is 0 Å². The summed E-state index contributed by atoms with van der Waals surface area (Å²) >= 11 is 0. The van der Waals surface area contributed by atoms with E-state index in [1.165, 1.54) is 0 Å². The molecule has 1 heterocycles. The molecule has 21 heavy (non-hydrogen) atoms. The first kappa shape index (κ1) is 16.0. The Morgan fingerprint density at radius 1 is 1.57 bits per heavy atom. The van der Waals surface area contributed by atoms with Gasteiger partial charge in [0, 0.05) is 24.4 Å². The summed E-state index contributed by atoms with van der Waals surface area (Å²) in [6, 6.07) is 0. The van der Waals surface area contributed by atoms with Crippen molar-refractivity contribution in [3.63, 3.8) is 0 Å². The van der Waals surface area contributed by atoms with Gasteiger partial charge in [0.15, 0.2) is 0 Å². The Morgan fingerprint density at radius 3 is 3.10 bits per heavy atom. The monoisotopic (exact) mass is 293 g/mol. The largest absolute Gasteiger partial charge is 0.396 e. The van der Waals surface area contributed by atoms with Gasteiger partial charge in [0.05, 0.1) is 12.1 Å². The van der Waals surface area contributed by atoms with Gasteiger partial charge in [-0.3, -0.25) is 9.89 Å². The molecular formula is C16H27N3O2. The van der Waals surface area contributed by atoms with Crippen molar-refractivity contribution in [1.82, 2.24) is 15.5 Å². The highest BCUT2D eigenvalue weighted by Crippen LogP contribution is 2.30. The molecule has 1 aliphatic carbocycles.